The van der Waals surface area contributed by atoms with Crippen LogP contribution < -0.4 is 5.73 Å². The van der Waals surface area contributed by atoms with Crippen LogP contribution in [0, 0.1) is 0 Å². The third-order valence-corrected chi connectivity index (χ3v) is 2.01. The van der Waals surface area contributed by atoms with E-state index in [2.05, 4.69) is 5.10 Å². The Hall–Kier alpha value is -0.870. The van der Waals surface area contributed by atoms with Gasteiger partial charge in [-0.1, -0.05) is 11.6 Å². The number of nitrogens with zero attached hydrogens (tertiary/aromatic N) is 2. The van der Waals surface area contributed by atoms with Crippen LogP contribution in [0.25, 0.3) is 0 Å². The standard InChI is InChI=1S/C6H6ClN3O/c7-3-1-9-10-2-4(8)6(11)5(3)10/h1,4H,2,8H2. The van der Waals surface area contributed by atoms with Crippen molar-refractivity contribution in [3.05, 3.63) is 16.9 Å². The van der Waals surface area contributed by atoms with E-state index in [9.17, 15) is 4.79 Å². The Kier molecular flexibility index (Phi) is 1.27. The van der Waals surface area contributed by atoms with Crippen LogP contribution in [0.1, 0.15) is 10.5 Å². The van der Waals surface area contributed by atoms with E-state index in [1.54, 1.807) is 0 Å². The number of rotatable bonds is 0. The molecule has 1 aliphatic heterocycles. The monoisotopic (exact) mass is 171 g/mol. The van der Waals surface area contributed by atoms with E-state index in [0.29, 0.717) is 17.3 Å². The molecule has 4 nitrogen and oxygen atoms in total. The lowest BCUT2D eigenvalue weighted by Gasteiger charge is -1.94. The predicted molar refractivity (Wildman–Crippen MR) is 39.5 cm³/mol. The number of carbonyl (C=O) groups is 1. The molecule has 0 amide bonds. The summed E-state index contributed by atoms with van der Waals surface area (Å²) in [4.78, 5) is 11.2. The number of fused-ring (bicyclic) bond motifs is 1. The fraction of sp³-hybridized carbons (Fsp3) is 0.333. The van der Waals surface area contributed by atoms with Gasteiger partial charge in [-0.15, -0.1) is 0 Å². The van der Waals surface area contributed by atoms with Crippen molar-refractivity contribution in [2.45, 2.75) is 12.6 Å². The van der Waals surface area contributed by atoms with Crippen LogP contribution in [-0.2, 0) is 6.54 Å². The Labute approximate surface area is 67.9 Å². The average Bonchev–Trinajstić information content (AvgIpc) is 2.41. The second-order valence-electron chi connectivity index (χ2n) is 2.49. The van der Waals surface area contributed by atoms with E-state index in [1.165, 1.54) is 10.9 Å². The molecule has 11 heavy (non-hydrogen) atoms. The number of ketones is 1. The zero-order valence-corrected chi connectivity index (χ0v) is 6.38. The fourth-order valence-electron chi connectivity index (χ4n) is 1.19. The SMILES string of the molecule is NC1Cn2ncc(Cl)c2C1=O. The Morgan fingerprint density at radius 3 is 3.18 bits per heavy atom. The summed E-state index contributed by atoms with van der Waals surface area (Å²) in [5.74, 6) is -0.118. The van der Waals surface area contributed by atoms with Crippen molar-refractivity contribution < 1.29 is 4.79 Å². The van der Waals surface area contributed by atoms with E-state index in [1.807, 2.05) is 0 Å². The lowest BCUT2D eigenvalue weighted by molar-refractivity contribution is 0.0975. The van der Waals surface area contributed by atoms with E-state index >= 15 is 0 Å². The lowest BCUT2D eigenvalue weighted by Crippen LogP contribution is -2.27. The lowest BCUT2D eigenvalue weighted by atomic mass is 10.2. The van der Waals surface area contributed by atoms with Gasteiger partial charge in [0, 0.05) is 0 Å². The minimum Gasteiger partial charge on any atom is -0.320 e. The Morgan fingerprint density at radius 1 is 1.82 bits per heavy atom. The summed E-state index contributed by atoms with van der Waals surface area (Å²) >= 11 is 5.69. The molecule has 0 radical (unpaired) electrons. The first kappa shape index (κ1) is 6.82. The highest BCUT2D eigenvalue weighted by atomic mass is 35.5. The van der Waals surface area contributed by atoms with Crippen LogP contribution in [0.15, 0.2) is 6.20 Å². The van der Waals surface area contributed by atoms with Crippen molar-refractivity contribution in [2.75, 3.05) is 0 Å². The molecular weight excluding hydrogens is 166 g/mol. The van der Waals surface area contributed by atoms with E-state index in [-0.39, 0.29) is 5.78 Å². The van der Waals surface area contributed by atoms with Gasteiger partial charge < -0.3 is 5.73 Å². The number of halogens is 1. The molecule has 1 aromatic rings. The molecule has 0 fully saturated rings. The number of nitrogens with two attached hydrogens (primary N) is 1. The van der Waals surface area contributed by atoms with Crippen molar-refractivity contribution in [3.63, 3.8) is 0 Å². The van der Waals surface area contributed by atoms with Gasteiger partial charge in [0.25, 0.3) is 0 Å². The maximum absolute atomic E-state index is 11.2. The van der Waals surface area contributed by atoms with Gasteiger partial charge in [-0.05, 0) is 0 Å². The van der Waals surface area contributed by atoms with E-state index in [4.69, 9.17) is 17.3 Å². The first-order chi connectivity index (χ1) is 5.20. The van der Waals surface area contributed by atoms with Gasteiger partial charge in [-0.2, -0.15) is 5.10 Å². The number of Topliss-reactive ketones (excluding diaryl/α,β-unsaturated/α-hetero) is 1. The molecule has 0 aromatic carbocycles. The van der Waals surface area contributed by atoms with Gasteiger partial charge >= 0.3 is 0 Å². The summed E-state index contributed by atoms with van der Waals surface area (Å²) in [7, 11) is 0. The summed E-state index contributed by atoms with van der Waals surface area (Å²) in [6.45, 7) is 0.445. The largest absolute Gasteiger partial charge is 0.320 e. The number of aromatic nitrogens is 2. The highest BCUT2D eigenvalue weighted by Gasteiger charge is 2.30. The Balaban J connectivity index is 2.58. The highest BCUT2D eigenvalue weighted by molar-refractivity contribution is 6.34. The van der Waals surface area contributed by atoms with Crippen molar-refractivity contribution in [1.29, 1.82) is 0 Å². The molecule has 0 saturated carbocycles. The van der Waals surface area contributed by atoms with Crippen molar-refractivity contribution in [1.82, 2.24) is 9.78 Å². The molecule has 5 heteroatoms. The molecule has 0 bridgehead atoms. The molecule has 1 aromatic heterocycles. The smallest absolute Gasteiger partial charge is 0.200 e. The maximum Gasteiger partial charge on any atom is 0.200 e. The summed E-state index contributed by atoms with van der Waals surface area (Å²) in [5.41, 5.74) is 5.92. The third-order valence-electron chi connectivity index (χ3n) is 1.73. The van der Waals surface area contributed by atoms with Crippen LogP contribution in [0.4, 0.5) is 0 Å². The van der Waals surface area contributed by atoms with Gasteiger partial charge in [0.2, 0.25) is 5.78 Å². The molecule has 1 unspecified atom stereocenters. The van der Waals surface area contributed by atoms with Crippen LogP contribution in [-0.4, -0.2) is 21.6 Å². The zero-order valence-electron chi connectivity index (χ0n) is 5.62. The summed E-state index contributed by atoms with van der Waals surface area (Å²) < 4.78 is 1.54. The third kappa shape index (κ3) is 0.797. The van der Waals surface area contributed by atoms with Gasteiger partial charge in [-0.25, -0.2) is 0 Å². The molecular formula is C6H6ClN3O. The first-order valence-corrected chi connectivity index (χ1v) is 3.59. The van der Waals surface area contributed by atoms with Gasteiger partial charge in [-0.3, -0.25) is 9.48 Å². The van der Waals surface area contributed by atoms with Crippen LogP contribution in [0.3, 0.4) is 0 Å². The second kappa shape index (κ2) is 2.06. The van der Waals surface area contributed by atoms with Gasteiger partial charge in [0.05, 0.1) is 23.8 Å². The maximum atomic E-state index is 11.2. The molecule has 2 N–H and O–H groups in total. The molecule has 2 heterocycles. The molecule has 2 rings (SSSR count). The van der Waals surface area contributed by atoms with Crippen LogP contribution >= 0.6 is 11.6 Å². The molecule has 1 atom stereocenters. The summed E-state index contributed by atoms with van der Waals surface area (Å²) in [5, 5.41) is 4.27. The molecule has 0 saturated heterocycles. The van der Waals surface area contributed by atoms with Crippen LogP contribution in [0.2, 0.25) is 5.02 Å². The minimum absolute atomic E-state index is 0.118. The number of hydrogen-bond acceptors (Lipinski definition) is 3. The molecule has 1 aliphatic rings. The zero-order chi connectivity index (χ0) is 8.01. The summed E-state index contributed by atoms with van der Waals surface area (Å²) in [6.07, 6.45) is 1.46. The van der Waals surface area contributed by atoms with E-state index in [0.717, 1.165) is 0 Å². The quantitative estimate of drug-likeness (QED) is 0.601. The Morgan fingerprint density at radius 2 is 2.55 bits per heavy atom. The van der Waals surface area contributed by atoms with Crippen molar-refractivity contribution in [3.8, 4) is 0 Å². The van der Waals surface area contributed by atoms with Gasteiger partial charge in [0.15, 0.2) is 0 Å². The van der Waals surface area contributed by atoms with Crippen molar-refractivity contribution >= 4 is 17.4 Å². The van der Waals surface area contributed by atoms with E-state index < -0.39 is 6.04 Å². The Bertz CT molecular complexity index is 320. The summed E-state index contributed by atoms with van der Waals surface area (Å²) in [6, 6.07) is -0.462. The second-order valence-corrected chi connectivity index (χ2v) is 2.90. The molecule has 0 aliphatic carbocycles. The topological polar surface area (TPSA) is 60.9 Å². The van der Waals surface area contributed by atoms with Crippen LogP contribution in [0.5, 0.6) is 0 Å². The number of hydrogen-bond donors (Lipinski definition) is 1. The predicted octanol–water partition coefficient (Wildman–Crippen LogP) is 0.0601. The van der Waals surface area contributed by atoms with Crippen molar-refractivity contribution in [2.24, 2.45) is 5.73 Å². The molecule has 58 valence electrons. The normalized spacial score (nSPS) is 22.4. The fourth-order valence-corrected chi connectivity index (χ4v) is 1.43. The number of carbonyl (C=O) groups excluding carboxylic acids is 1. The first-order valence-electron chi connectivity index (χ1n) is 3.21. The molecule has 0 spiro atoms. The highest BCUT2D eigenvalue weighted by Crippen LogP contribution is 2.21. The average molecular weight is 172 g/mol. The minimum atomic E-state index is -0.462. The van der Waals surface area contributed by atoms with Gasteiger partial charge in [0.1, 0.15) is 5.69 Å².